The van der Waals surface area contributed by atoms with E-state index in [4.69, 9.17) is 5.73 Å². The molecule has 0 spiro atoms. The molecule has 0 saturated carbocycles. The fourth-order valence-corrected chi connectivity index (χ4v) is 4.26. The Morgan fingerprint density at radius 3 is 2.62 bits per heavy atom. The summed E-state index contributed by atoms with van der Waals surface area (Å²) in [5, 5.41) is 2.04. The number of piperidine rings is 1. The van der Waals surface area contributed by atoms with Gasteiger partial charge in [0, 0.05) is 12.1 Å². The Hall–Kier alpha value is -2.42. The molecule has 2 aliphatic rings. The number of anilines is 1. The Balaban J connectivity index is 2.08. The molecular weight excluding hydrogens is 298 g/mol. The molecule has 0 aliphatic carbocycles. The van der Waals surface area contributed by atoms with Crippen LogP contribution in [0.2, 0.25) is 0 Å². The second-order valence-electron chi connectivity index (χ2n) is 4.83. The molecule has 21 heavy (non-hydrogen) atoms. The molecule has 1 unspecified atom stereocenters. The minimum Gasteiger partial charge on any atom is -0.399 e. The molecule has 2 heterocycles. The van der Waals surface area contributed by atoms with Crippen LogP contribution in [0.15, 0.2) is 23.1 Å². The monoisotopic (exact) mass is 309 g/mol. The molecule has 9 heteroatoms. The van der Waals surface area contributed by atoms with Gasteiger partial charge in [0.15, 0.2) is 0 Å². The van der Waals surface area contributed by atoms with Gasteiger partial charge in [-0.1, -0.05) is 0 Å². The van der Waals surface area contributed by atoms with Crippen molar-refractivity contribution in [1.82, 2.24) is 9.62 Å². The van der Waals surface area contributed by atoms with Gasteiger partial charge in [-0.15, -0.1) is 0 Å². The lowest BCUT2D eigenvalue weighted by molar-refractivity contribution is -0.135. The van der Waals surface area contributed by atoms with Crippen LogP contribution in [0.4, 0.5) is 5.69 Å². The number of nitrogens with one attached hydrogen (secondary N) is 1. The van der Waals surface area contributed by atoms with Gasteiger partial charge in [0.1, 0.15) is 10.9 Å². The van der Waals surface area contributed by atoms with Crippen molar-refractivity contribution < 1.29 is 22.8 Å². The maximum absolute atomic E-state index is 12.5. The Morgan fingerprint density at radius 2 is 1.95 bits per heavy atom. The van der Waals surface area contributed by atoms with Gasteiger partial charge >= 0.3 is 0 Å². The third kappa shape index (κ3) is 1.88. The zero-order chi connectivity index (χ0) is 15.4. The van der Waals surface area contributed by atoms with Crippen LogP contribution < -0.4 is 11.1 Å². The Bertz CT molecular complexity index is 786. The Labute approximate surface area is 120 Å². The second kappa shape index (κ2) is 4.29. The average molecular weight is 309 g/mol. The van der Waals surface area contributed by atoms with E-state index in [-0.39, 0.29) is 29.0 Å². The van der Waals surface area contributed by atoms with Gasteiger partial charge in [0.05, 0.1) is 5.56 Å². The summed E-state index contributed by atoms with van der Waals surface area (Å²) in [7, 11) is -4.14. The van der Waals surface area contributed by atoms with Crippen LogP contribution in [-0.4, -0.2) is 36.5 Å². The number of fused-ring (bicyclic) bond motifs is 1. The van der Waals surface area contributed by atoms with Gasteiger partial charge in [0.2, 0.25) is 5.91 Å². The third-order valence-corrected chi connectivity index (χ3v) is 5.30. The van der Waals surface area contributed by atoms with Gasteiger partial charge in [-0.05, 0) is 24.6 Å². The first kappa shape index (κ1) is 13.6. The highest BCUT2D eigenvalue weighted by molar-refractivity contribution is 7.90. The fraction of sp³-hybridized carbons (Fsp3) is 0.250. The second-order valence-corrected chi connectivity index (χ2v) is 6.61. The van der Waals surface area contributed by atoms with Crippen molar-refractivity contribution in [1.29, 1.82) is 0 Å². The molecule has 3 rings (SSSR count). The predicted molar refractivity (Wildman–Crippen MR) is 70.4 cm³/mol. The number of carbonyl (C=O) groups excluding carboxylic acids is 3. The number of hydrogen-bond acceptors (Lipinski definition) is 6. The number of nitrogens with two attached hydrogens (primary N) is 1. The summed E-state index contributed by atoms with van der Waals surface area (Å²) in [5.41, 5.74) is 5.73. The van der Waals surface area contributed by atoms with Gasteiger partial charge in [-0.3, -0.25) is 19.7 Å². The quantitative estimate of drug-likeness (QED) is 0.517. The molecule has 2 aliphatic heterocycles. The highest BCUT2D eigenvalue weighted by atomic mass is 32.2. The standard InChI is InChI=1S/C12H11N3O5S/c13-6-1-2-7-9(5-6)21(19,20)15(12(7)18)8-3-4-10(16)14-11(8)17/h1-2,5,8H,3-4,13H2,(H,14,16,17). The topological polar surface area (TPSA) is 127 Å². The highest BCUT2D eigenvalue weighted by Crippen LogP contribution is 2.34. The largest absolute Gasteiger partial charge is 0.399 e. The first-order chi connectivity index (χ1) is 9.82. The SMILES string of the molecule is Nc1ccc2c(c1)S(=O)(=O)N(C1CCC(=O)NC1=O)C2=O. The van der Waals surface area contributed by atoms with E-state index < -0.39 is 33.8 Å². The minimum atomic E-state index is -4.14. The summed E-state index contributed by atoms with van der Waals surface area (Å²) in [4.78, 5) is 35.0. The van der Waals surface area contributed by atoms with E-state index in [1.54, 1.807) is 0 Å². The molecule has 0 bridgehead atoms. The number of sulfonamides is 1. The van der Waals surface area contributed by atoms with Gasteiger partial charge in [-0.2, -0.15) is 0 Å². The average Bonchev–Trinajstić information content (AvgIpc) is 2.59. The summed E-state index contributed by atoms with van der Waals surface area (Å²) in [6.45, 7) is 0. The molecule has 1 fully saturated rings. The predicted octanol–water partition coefficient (Wildman–Crippen LogP) is -0.782. The fourth-order valence-electron chi connectivity index (χ4n) is 2.48. The van der Waals surface area contributed by atoms with Crippen molar-refractivity contribution in [2.75, 3.05) is 5.73 Å². The van der Waals surface area contributed by atoms with E-state index in [0.717, 1.165) is 0 Å². The summed E-state index contributed by atoms with van der Waals surface area (Å²) in [6, 6.07) is 2.71. The summed E-state index contributed by atoms with van der Waals surface area (Å²) in [6.07, 6.45) is -0.0483. The van der Waals surface area contributed by atoms with E-state index in [1.165, 1.54) is 18.2 Å². The van der Waals surface area contributed by atoms with Crippen molar-refractivity contribution in [2.24, 2.45) is 0 Å². The summed E-state index contributed by atoms with van der Waals surface area (Å²) < 4.78 is 25.5. The molecule has 1 atom stereocenters. The number of imide groups is 1. The maximum Gasteiger partial charge on any atom is 0.269 e. The van der Waals surface area contributed by atoms with E-state index in [2.05, 4.69) is 0 Å². The normalized spacial score (nSPS) is 23.9. The van der Waals surface area contributed by atoms with E-state index in [9.17, 15) is 22.8 Å². The lowest BCUT2D eigenvalue weighted by Gasteiger charge is -2.28. The summed E-state index contributed by atoms with van der Waals surface area (Å²) >= 11 is 0. The van der Waals surface area contributed by atoms with E-state index >= 15 is 0 Å². The molecule has 8 nitrogen and oxygen atoms in total. The van der Waals surface area contributed by atoms with E-state index in [0.29, 0.717) is 4.31 Å². The summed E-state index contributed by atoms with van der Waals surface area (Å²) in [5.74, 6) is -2.05. The van der Waals surface area contributed by atoms with Crippen LogP contribution in [0, 0.1) is 0 Å². The van der Waals surface area contributed by atoms with Crippen molar-refractivity contribution in [2.45, 2.75) is 23.8 Å². The smallest absolute Gasteiger partial charge is 0.269 e. The number of carbonyl (C=O) groups is 3. The van der Waals surface area contributed by atoms with Crippen molar-refractivity contribution >= 4 is 33.4 Å². The lowest BCUT2D eigenvalue weighted by Crippen LogP contribution is -2.54. The van der Waals surface area contributed by atoms with Gasteiger partial charge in [-0.25, -0.2) is 12.7 Å². The van der Waals surface area contributed by atoms with Gasteiger partial charge in [0.25, 0.3) is 21.8 Å². The lowest BCUT2D eigenvalue weighted by atomic mass is 10.1. The molecule has 0 radical (unpaired) electrons. The molecular formula is C12H11N3O5S. The number of benzene rings is 1. The maximum atomic E-state index is 12.5. The number of nitrogen functional groups attached to an aromatic ring is 1. The first-order valence-electron chi connectivity index (χ1n) is 6.14. The highest BCUT2D eigenvalue weighted by Gasteiger charge is 2.48. The zero-order valence-corrected chi connectivity index (χ0v) is 11.5. The van der Waals surface area contributed by atoms with Crippen LogP contribution in [0.1, 0.15) is 23.2 Å². The van der Waals surface area contributed by atoms with Crippen LogP contribution in [-0.2, 0) is 19.6 Å². The number of nitrogens with zero attached hydrogens (tertiary/aromatic N) is 1. The van der Waals surface area contributed by atoms with Crippen LogP contribution in [0.3, 0.4) is 0 Å². The third-order valence-electron chi connectivity index (χ3n) is 3.47. The first-order valence-corrected chi connectivity index (χ1v) is 7.58. The minimum absolute atomic E-state index is 0.0195. The number of amides is 3. The molecule has 3 N–H and O–H groups in total. The van der Waals surface area contributed by atoms with Gasteiger partial charge < -0.3 is 5.73 Å². The van der Waals surface area contributed by atoms with Crippen LogP contribution in [0.5, 0.6) is 0 Å². The Morgan fingerprint density at radius 1 is 1.24 bits per heavy atom. The number of rotatable bonds is 1. The molecule has 1 aromatic carbocycles. The van der Waals surface area contributed by atoms with Crippen LogP contribution >= 0.6 is 0 Å². The van der Waals surface area contributed by atoms with E-state index in [1.807, 2.05) is 5.32 Å². The molecule has 1 saturated heterocycles. The zero-order valence-electron chi connectivity index (χ0n) is 10.7. The molecule has 110 valence electrons. The molecule has 3 amide bonds. The van der Waals surface area contributed by atoms with Crippen molar-refractivity contribution in [3.05, 3.63) is 23.8 Å². The van der Waals surface area contributed by atoms with Crippen molar-refractivity contribution in [3.8, 4) is 0 Å². The molecule has 0 aromatic heterocycles. The van der Waals surface area contributed by atoms with Crippen molar-refractivity contribution in [3.63, 3.8) is 0 Å². The number of hydrogen-bond donors (Lipinski definition) is 2. The Kier molecular flexibility index (Phi) is 2.77. The molecule has 1 aromatic rings. The van der Waals surface area contributed by atoms with Crippen LogP contribution in [0.25, 0.3) is 0 Å².